The van der Waals surface area contributed by atoms with Gasteiger partial charge in [-0.15, -0.1) is 0 Å². The molecular weight excluding hydrogens is 244 g/mol. The molecule has 1 rings (SSSR count). The molecule has 13 heavy (non-hydrogen) atoms. The fourth-order valence-electron chi connectivity index (χ4n) is 0.934. The van der Waals surface area contributed by atoms with Gasteiger partial charge in [0.1, 0.15) is 4.60 Å². The molecule has 0 amide bonds. The maximum Gasteiger partial charge on any atom is 0.278 e. The Labute approximate surface area is 82.7 Å². The Kier molecular flexibility index (Phi) is 3.33. The van der Waals surface area contributed by atoms with Crippen LogP contribution in [0.3, 0.4) is 0 Å². The van der Waals surface area contributed by atoms with E-state index in [1.54, 1.807) is 0 Å². The molecular formula is C8H8BrF2NO. The Morgan fingerprint density at radius 3 is 2.77 bits per heavy atom. The maximum absolute atomic E-state index is 13.2. The van der Waals surface area contributed by atoms with E-state index in [1.807, 2.05) is 0 Å². The smallest absolute Gasteiger partial charge is 0.278 e. The number of halogens is 3. The van der Waals surface area contributed by atoms with Crippen molar-refractivity contribution in [1.82, 2.24) is 4.98 Å². The summed E-state index contributed by atoms with van der Waals surface area (Å²) in [5.74, 6) is -3.03. The molecule has 5 heteroatoms. The molecule has 72 valence electrons. The lowest BCUT2D eigenvalue weighted by Gasteiger charge is -2.15. The molecule has 1 N–H and O–H groups in total. The molecule has 0 fully saturated rings. The molecule has 1 aromatic heterocycles. The summed E-state index contributed by atoms with van der Waals surface area (Å²) in [6, 6.07) is 2.72. The highest BCUT2D eigenvalue weighted by molar-refractivity contribution is 9.10. The minimum absolute atomic E-state index is 0.119. The SMILES string of the molecule is OCCC(F)(F)c1cccnc1Br. The van der Waals surface area contributed by atoms with Gasteiger partial charge >= 0.3 is 0 Å². The van der Waals surface area contributed by atoms with Crippen LogP contribution in [0.2, 0.25) is 0 Å². The molecule has 1 heterocycles. The summed E-state index contributed by atoms with van der Waals surface area (Å²) in [5.41, 5.74) is -0.191. The summed E-state index contributed by atoms with van der Waals surface area (Å²) in [6.07, 6.45) is 0.833. The van der Waals surface area contributed by atoms with Gasteiger partial charge in [0, 0.05) is 19.2 Å². The van der Waals surface area contributed by atoms with Crippen molar-refractivity contribution in [3.8, 4) is 0 Å². The van der Waals surface area contributed by atoms with Gasteiger partial charge in [-0.25, -0.2) is 13.8 Å². The molecule has 0 saturated carbocycles. The highest BCUT2D eigenvalue weighted by Crippen LogP contribution is 2.34. The Balaban J connectivity index is 2.99. The van der Waals surface area contributed by atoms with Gasteiger partial charge in [-0.3, -0.25) is 0 Å². The first-order valence-electron chi connectivity index (χ1n) is 3.67. The summed E-state index contributed by atoms with van der Waals surface area (Å²) >= 11 is 2.93. The van der Waals surface area contributed by atoms with Gasteiger partial charge in [-0.05, 0) is 28.1 Å². The topological polar surface area (TPSA) is 33.1 Å². The second-order valence-electron chi connectivity index (χ2n) is 2.52. The number of hydrogen-bond donors (Lipinski definition) is 1. The number of aromatic nitrogens is 1. The number of aliphatic hydroxyl groups excluding tert-OH is 1. The molecule has 0 radical (unpaired) electrons. The third-order valence-electron chi connectivity index (χ3n) is 1.58. The highest BCUT2D eigenvalue weighted by Gasteiger charge is 2.33. The van der Waals surface area contributed by atoms with Crippen LogP contribution in [0, 0.1) is 0 Å². The number of rotatable bonds is 3. The molecule has 0 spiro atoms. The monoisotopic (exact) mass is 251 g/mol. The predicted molar refractivity (Wildman–Crippen MR) is 47.5 cm³/mol. The lowest BCUT2D eigenvalue weighted by Crippen LogP contribution is -2.16. The van der Waals surface area contributed by atoms with Crippen LogP contribution in [0.15, 0.2) is 22.9 Å². The van der Waals surface area contributed by atoms with Crippen molar-refractivity contribution in [1.29, 1.82) is 0 Å². The van der Waals surface area contributed by atoms with E-state index < -0.39 is 19.0 Å². The predicted octanol–water partition coefficient (Wildman–Crippen LogP) is 2.32. The minimum Gasteiger partial charge on any atom is -0.396 e. The molecule has 0 aliphatic rings. The fraction of sp³-hybridized carbons (Fsp3) is 0.375. The fourth-order valence-corrected chi connectivity index (χ4v) is 1.47. The minimum atomic E-state index is -3.03. The third kappa shape index (κ3) is 2.45. The highest BCUT2D eigenvalue weighted by atomic mass is 79.9. The third-order valence-corrected chi connectivity index (χ3v) is 2.21. The molecule has 0 aromatic carbocycles. The second-order valence-corrected chi connectivity index (χ2v) is 3.27. The Morgan fingerprint density at radius 1 is 1.54 bits per heavy atom. The summed E-state index contributed by atoms with van der Waals surface area (Å²) in [6.45, 7) is -0.547. The van der Waals surface area contributed by atoms with Crippen LogP contribution in [0.1, 0.15) is 12.0 Å². The maximum atomic E-state index is 13.2. The first-order chi connectivity index (χ1) is 6.08. The number of aliphatic hydroxyl groups is 1. The van der Waals surface area contributed by atoms with E-state index in [2.05, 4.69) is 20.9 Å². The molecule has 2 nitrogen and oxygen atoms in total. The summed E-state index contributed by atoms with van der Waals surface area (Å²) in [4.78, 5) is 3.68. The standard InChI is InChI=1S/C8H8BrF2NO/c9-7-6(2-1-4-12-7)8(10,11)3-5-13/h1-2,4,13H,3,5H2. The molecule has 0 aliphatic heterocycles. The number of hydrogen-bond acceptors (Lipinski definition) is 2. The lowest BCUT2D eigenvalue weighted by molar-refractivity contribution is -0.0279. The van der Waals surface area contributed by atoms with Gasteiger partial charge in [0.25, 0.3) is 5.92 Å². The van der Waals surface area contributed by atoms with Crippen molar-refractivity contribution >= 4 is 15.9 Å². The van der Waals surface area contributed by atoms with E-state index in [0.29, 0.717) is 0 Å². The summed E-state index contributed by atoms with van der Waals surface area (Å²) in [7, 11) is 0. The molecule has 0 unspecified atom stereocenters. The molecule has 1 aromatic rings. The quantitative estimate of drug-likeness (QED) is 0.837. The summed E-state index contributed by atoms with van der Waals surface area (Å²) < 4.78 is 26.5. The van der Waals surface area contributed by atoms with E-state index >= 15 is 0 Å². The van der Waals surface area contributed by atoms with Crippen LogP contribution in [0.25, 0.3) is 0 Å². The van der Waals surface area contributed by atoms with Gasteiger partial charge in [-0.1, -0.05) is 0 Å². The van der Waals surface area contributed by atoms with Gasteiger partial charge in [0.05, 0.1) is 5.56 Å². The van der Waals surface area contributed by atoms with E-state index in [1.165, 1.54) is 18.3 Å². The van der Waals surface area contributed by atoms with E-state index in [-0.39, 0.29) is 10.2 Å². The van der Waals surface area contributed by atoms with Gasteiger partial charge in [-0.2, -0.15) is 0 Å². The zero-order valence-corrected chi connectivity index (χ0v) is 8.26. The largest absolute Gasteiger partial charge is 0.396 e. The van der Waals surface area contributed by atoms with Crippen molar-refractivity contribution in [2.24, 2.45) is 0 Å². The van der Waals surface area contributed by atoms with Gasteiger partial charge < -0.3 is 5.11 Å². The number of pyridine rings is 1. The lowest BCUT2D eigenvalue weighted by atomic mass is 10.1. The van der Waals surface area contributed by atoms with E-state index in [4.69, 9.17) is 5.11 Å². The molecule has 0 saturated heterocycles. The van der Waals surface area contributed by atoms with Crippen LogP contribution < -0.4 is 0 Å². The Hall–Kier alpha value is -0.550. The zero-order chi connectivity index (χ0) is 9.90. The van der Waals surface area contributed by atoms with Crippen LogP contribution in [-0.4, -0.2) is 16.7 Å². The first kappa shape index (κ1) is 10.5. The van der Waals surface area contributed by atoms with Crippen molar-refractivity contribution in [3.05, 3.63) is 28.5 Å². The summed E-state index contributed by atoms with van der Waals surface area (Å²) in [5, 5.41) is 8.44. The van der Waals surface area contributed by atoms with Crippen molar-refractivity contribution < 1.29 is 13.9 Å². The molecule has 0 bridgehead atoms. The van der Waals surface area contributed by atoms with Crippen LogP contribution in [0.4, 0.5) is 8.78 Å². The van der Waals surface area contributed by atoms with Gasteiger partial charge in [0.2, 0.25) is 0 Å². The van der Waals surface area contributed by atoms with Crippen LogP contribution >= 0.6 is 15.9 Å². The van der Waals surface area contributed by atoms with E-state index in [9.17, 15) is 8.78 Å². The normalized spacial score (nSPS) is 11.7. The van der Waals surface area contributed by atoms with Crippen molar-refractivity contribution in [2.75, 3.05) is 6.61 Å². The first-order valence-corrected chi connectivity index (χ1v) is 4.47. The van der Waals surface area contributed by atoms with Crippen molar-refractivity contribution in [3.63, 3.8) is 0 Å². The number of alkyl halides is 2. The molecule has 0 aliphatic carbocycles. The van der Waals surface area contributed by atoms with Crippen LogP contribution in [-0.2, 0) is 5.92 Å². The van der Waals surface area contributed by atoms with Gasteiger partial charge in [0.15, 0.2) is 0 Å². The van der Waals surface area contributed by atoms with Crippen LogP contribution in [0.5, 0.6) is 0 Å². The number of nitrogens with zero attached hydrogens (tertiary/aromatic N) is 1. The zero-order valence-electron chi connectivity index (χ0n) is 6.67. The Bertz CT molecular complexity index is 293. The van der Waals surface area contributed by atoms with E-state index in [0.717, 1.165) is 0 Å². The average molecular weight is 252 g/mol. The molecule has 0 atom stereocenters. The average Bonchev–Trinajstić information content (AvgIpc) is 2.04. The second kappa shape index (κ2) is 4.11. The Morgan fingerprint density at radius 2 is 2.23 bits per heavy atom. The van der Waals surface area contributed by atoms with Crippen molar-refractivity contribution in [2.45, 2.75) is 12.3 Å².